The molecule has 162 valence electrons. The van der Waals surface area contributed by atoms with E-state index in [9.17, 15) is 8.42 Å². The maximum absolute atomic E-state index is 13.1. The van der Waals surface area contributed by atoms with Gasteiger partial charge in [0.1, 0.15) is 13.2 Å². The van der Waals surface area contributed by atoms with Gasteiger partial charge in [0.25, 0.3) is 0 Å². The highest BCUT2D eigenvalue weighted by Crippen LogP contribution is 2.33. The molecule has 0 saturated carbocycles. The first-order valence-electron chi connectivity index (χ1n) is 9.84. The minimum absolute atomic E-state index is 0.236. The molecule has 9 heteroatoms. The number of hydrogen-bond donors (Lipinski definition) is 0. The van der Waals surface area contributed by atoms with Gasteiger partial charge in [-0.1, -0.05) is 6.07 Å². The van der Waals surface area contributed by atoms with Crippen molar-refractivity contribution in [3.63, 3.8) is 0 Å². The monoisotopic (exact) mass is 434 g/mol. The number of sulfonamides is 1. The van der Waals surface area contributed by atoms with Crippen LogP contribution in [0.5, 0.6) is 23.0 Å². The normalized spacial score (nSPS) is 17.5. The molecule has 0 unspecified atom stereocenters. The van der Waals surface area contributed by atoms with Crippen molar-refractivity contribution < 1.29 is 27.4 Å². The number of methoxy groups -OCH3 is 2. The van der Waals surface area contributed by atoms with Crippen LogP contribution in [0.4, 0.5) is 0 Å². The maximum Gasteiger partial charge on any atom is 0.243 e. The molecular formula is C21H26N2O6S. The molecule has 0 aromatic heterocycles. The standard InChI is InChI=1S/C21H26N2O6S/c1-26-18-5-3-16(13-20(18)27-2)15-22-7-9-23(10-8-22)30(24,25)17-4-6-19-21(14-17)29-12-11-28-19/h3-6,13-14H,7-12,15H2,1-2H3. The summed E-state index contributed by atoms with van der Waals surface area (Å²) >= 11 is 0. The second-order valence-electron chi connectivity index (χ2n) is 7.18. The van der Waals surface area contributed by atoms with Gasteiger partial charge in [0.2, 0.25) is 10.0 Å². The van der Waals surface area contributed by atoms with E-state index in [-0.39, 0.29) is 4.90 Å². The van der Waals surface area contributed by atoms with Crippen LogP contribution in [0.3, 0.4) is 0 Å². The summed E-state index contributed by atoms with van der Waals surface area (Å²) in [5, 5.41) is 0. The van der Waals surface area contributed by atoms with Crippen LogP contribution in [0, 0.1) is 0 Å². The van der Waals surface area contributed by atoms with Crippen molar-refractivity contribution in [3.05, 3.63) is 42.0 Å². The van der Waals surface area contributed by atoms with Crippen molar-refractivity contribution in [1.82, 2.24) is 9.21 Å². The molecule has 0 amide bonds. The van der Waals surface area contributed by atoms with E-state index in [2.05, 4.69) is 4.90 Å². The van der Waals surface area contributed by atoms with Crippen LogP contribution >= 0.6 is 0 Å². The van der Waals surface area contributed by atoms with Crippen LogP contribution < -0.4 is 18.9 Å². The van der Waals surface area contributed by atoms with Crippen molar-refractivity contribution >= 4 is 10.0 Å². The lowest BCUT2D eigenvalue weighted by Gasteiger charge is -2.34. The molecule has 2 aliphatic heterocycles. The van der Waals surface area contributed by atoms with Crippen LogP contribution in [0.2, 0.25) is 0 Å². The first-order valence-corrected chi connectivity index (χ1v) is 11.3. The number of piperazine rings is 1. The summed E-state index contributed by atoms with van der Waals surface area (Å²) in [6.45, 7) is 3.79. The molecule has 1 fully saturated rings. The van der Waals surface area contributed by atoms with E-state index in [1.165, 1.54) is 4.31 Å². The number of fused-ring (bicyclic) bond motifs is 1. The minimum atomic E-state index is -3.58. The van der Waals surface area contributed by atoms with Crippen LogP contribution in [-0.2, 0) is 16.6 Å². The SMILES string of the molecule is COc1ccc(CN2CCN(S(=O)(=O)c3ccc4c(c3)OCCO4)CC2)cc1OC. The topological polar surface area (TPSA) is 77.5 Å². The molecule has 0 spiro atoms. The zero-order chi connectivity index (χ0) is 21.1. The molecule has 2 heterocycles. The van der Waals surface area contributed by atoms with Gasteiger partial charge in [-0.15, -0.1) is 0 Å². The average molecular weight is 435 g/mol. The first kappa shape index (κ1) is 20.8. The Bertz CT molecular complexity index is 1000. The van der Waals surface area contributed by atoms with Gasteiger partial charge in [0.05, 0.1) is 19.1 Å². The largest absolute Gasteiger partial charge is 0.493 e. The van der Waals surface area contributed by atoms with Crippen molar-refractivity contribution in [2.45, 2.75) is 11.4 Å². The summed E-state index contributed by atoms with van der Waals surface area (Å²) in [5.41, 5.74) is 1.09. The Morgan fingerprint density at radius 1 is 0.867 bits per heavy atom. The fourth-order valence-electron chi connectivity index (χ4n) is 3.70. The summed E-state index contributed by atoms with van der Waals surface area (Å²) in [5.74, 6) is 2.45. The van der Waals surface area contributed by atoms with Crippen LogP contribution in [-0.4, -0.2) is 71.2 Å². The maximum atomic E-state index is 13.1. The van der Waals surface area contributed by atoms with Gasteiger partial charge in [0, 0.05) is 38.8 Å². The zero-order valence-corrected chi connectivity index (χ0v) is 18.0. The van der Waals surface area contributed by atoms with E-state index in [4.69, 9.17) is 18.9 Å². The van der Waals surface area contributed by atoms with Crippen LogP contribution in [0.1, 0.15) is 5.56 Å². The molecule has 2 aromatic rings. The molecule has 2 aromatic carbocycles. The number of benzene rings is 2. The molecule has 4 rings (SSSR count). The molecule has 30 heavy (non-hydrogen) atoms. The quantitative estimate of drug-likeness (QED) is 0.688. The molecule has 0 bridgehead atoms. The summed E-state index contributed by atoms with van der Waals surface area (Å²) in [4.78, 5) is 2.47. The van der Waals surface area contributed by atoms with E-state index in [1.54, 1.807) is 32.4 Å². The lowest BCUT2D eigenvalue weighted by atomic mass is 10.1. The molecule has 0 radical (unpaired) electrons. The Morgan fingerprint density at radius 2 is 1.57 bits per heavy atom. The highest BCUT2D eigenvalue weighted by atomic mass is 32.2. The predicted molar refractivity (Wildman–Crippen MR) is 111 cm³/mol. The zero-order valence-electron chi connectivity index (χ0n) is 17.2. The lowest BCUT2D eigenvalue weighted by Crippen LogP contribution is -2.48. The number of nitrogens with zero attached hydrogens (tertiary/aromatic N) is 2. The Hall–Kier alpha value is -2.49. The molecule has 2 aliphatic rings. The summed E-state index contributed by atoms with van der Waals surface area (Å²) in [6, 6.07) is 10.6. The molecule has 0 aliphatic carbocycles. The third kappa shape index (κ3) is 4.19. The summed E-state index contributed by atoms with van der Waals surface area (Å²) < 4.78 is 49.3. The molecule has 0 N–H and O–H groups in total. The Kier molecular flexibility index (Phi) is 6.03. The van der Waals surface area contributed by atoms with Gasteiger partial charge in [-0.05, 0) is 29.8 Å². The highest BCUT2D eigenvalue weighted by Gasteiger charge is 2.29. The Balaban J connectivity index is 1.40. The minimum Gasteiger partial charge on any atom is -0.493 e. The fourth-order valence-corrected chi connectivity index (χ4v) is 5.14. The van der Waals surface area contributed by atoms with Gasteiger partial charge in [-0.3, -0.25) is 4.90 Å². The Morgan fingerprint density at radius 3 is 2.27 bits per heavy atom. The smallest absolute Gasteiger partial charge is 0.243 e. The van der Waals surface area contributed by atoms with Crippen molar-refractivity contribution in [2.24, 2.45) is 0 Å². The number of rotatable bonds is 6. The van der Waals surface area contributed by atoms with Crippen LogP contribution in [0.25, 0.3) is 0 Å². The Labute approximate surface area is 176 Å². The molecule has 8 nitrogen and oxygen atoms in total. The molecule has 1 saturated heterocycles. The lowest BCUT2D eigenvalue weighted by molar-refractivity contribution is 0.170. The van der Waals surface area contributed by atoms with Crippen molar-refractivity contribution in [3.8, 4) is 23.0 Å². The fraction of sp³-hybridized carbons (Fsp3) is 0.429. The van der Waals surface area contributed by atoms with Gasteiger partial charge in [0.15, 0.2) is 23.0 Å². The van der Waals surface area contributed by atoms with E-state index in [1.807, 2.05) is 18.2 Å². The van der Waals surface area contributed by atoms with E-state index in [0.29, 0.717) is 62.4 Å². The van der Waals surface area contributed by atoms with Crippen LogP contribution in [0.15, 0.2) is 41.3 Å². The van der Waals surface area contributed by atoms with E-state index in [0.717, 1.165) is 12.1 Å². The van der Waals surface area contributed by atoms with E-state index < -0.39 is 10.0 Å². The number of hydrogen-bond acceptors (Lipinski definition) is 7. The number of ether oxygens (including phenoxy) is 4. The van der Waals surface area contributed by atoms with Crippen molar-refractivity contribution in [2.75, 3.05) is 53.6 Å². The van der Waals surface area contributed by atoms with Gasteiger partial charge in [-0.25, -0.2) is 8.42 Å². The summed E-state index contributed by atoms with van der Waals surface area (Å²) in [7, 11) is -0.353. The van der Waals surface area contributed by atoms with Gasteiger partial charge >= 0.3 is 0 Å². The third-order valence-electron chi connectivity index (χ3n) is 5.34. The summed E-state index contributed by atoms with van der Waals surface area (Å²) in [6.07, 6.45) is 0. The van der Waals surface area contributed by atoms with E-state index >= 15 is 0 Å². The molecular weight excluding hydrogens is 408 g/mol. The third-order valence-corrected chi connectivity index (χ3v) is 7.23. The van der Waals surface area contributed by atoms with Gasteiger partial charge in [-0.2, -0.15) is 4.31 Å². The first-order chi connectivity index (χ1) is 14.5. The average Bonchev–Trinajstić information content (AvgIpc) is 2.79. The second-order valence-corrected chi connectivity index (χ2v) is 9.11. The second kappa shape index (κ2) is 8.71. The predicted octanol–water partition coefficient (Wildman–Crippen LogP) is 1.98. The highest BCUT2D eigenvalue weighted by molar-refractivity contribution is 7.89. The van der Waals surface area contributed by atoms with Crippen molar-refractivity contribution in [1.29, 1.82) is 0 Å². The molecule has 0 atom stereocenters. The van der Waals surface area contributed by atoms with Gasteiger partial charge < -0.3 is 18.9 Å².